The molecule has 0 aromatic heterocycles. The van der Waals surface area contributed by atoms with E-state index in [1.165, 1.54) is 0 Å². The quantitative estimate of drug-likeness (QED) is 0.169. The zero-order chi connectivity index (χ0) is 25.1. The minimum absolute atomic E-state index is 0.278. The van der Waals surface area contributed by atoms with Gasteiger partial charge >= 0.3 is 11.9 Å². The fourth-order valence-electron chi connectivity index (χ4n) is 4.09. The molecule has 5 heteroatoms. The molecule has 3 aromatic rings. The van der Waals surface area contributed by atoms with Crippen LogP contribution in [0.2, 0.25) is 0 Å². The van der Waals surface area contributed by atoms with Gasteiger partial charge in [0.1, 0.15) is 23.4 Å². The van der Waals surface area contributed by atoms with E-state index >= 15 is 0 Å². The van der Waals surface area contributed by atoms with Crippen LogP contribution in [0.1, 0.15) is 43.6 Å². The summed E-state index contributed by atoms with van der Waals surface area (Å²) in [5.74, 6) is 0.476. The van der Waals surface area contributed by atoms with Crippen LogP contribution >= 0.6 is 0 Å². The SMILES string of the molecule is C=C(C)C(=O)Oc1c2c(c(OC(=O)C(=C)C)c3ccccc13)C(Oc1ccccc1CC)C=CC2. The number of ether oxygens (including phenoxy) is 3. The molecule has 0 saturated carbocycles. The molecule has 0 N–H and O–H groups in total. The number of rotatable bonds is 7. The van der Waals surface area contributed by atoms with Crippen molar-refractivity contribution in [2.45, 2.75) is 39.7 Å². The second-order valence-electron chi connectivity index (χ2n) is 8.57. The first-order valence-corrected chi connectivity index (χ1v) is 11.6. The maximum Gasteiger partial charge on any atom is 0.338 e. The number of esters is 2. The van der Waals surface area contributed by atoms with E-state index in [1.54, 1.807) is 13.8 Å². The van der Waals surface area contributed by atoms with Crippen LogP contribution in [0, 0.1) is 0 Å². The normalized spacial score (nSPS) is 14.2. The summed E-state index contributed by atoms with van der Waals surface area (Å²) in [6.45, 7) is 12.7. The summed E-state index contributed by atoms with van der Waals surface area (Å²) in [4.78, 5) is 25.3. The van der Waals surface area contributed by atoms with Crippen LogP contribution in [0.4, 0.5) is 0 Å². The van der Waals surface area contributed by atoms with Crippen molar-refractivity contribution in [2.75, 3.05) is 0 Å². The van der Waals surface area contributed by atoms with Gasteiger partial charge in [-0.05, 0) is 44.4 Å². The fourth-order valence-corrected chi connectivity index (χ4v) is 4.09. The van der Waals surface area contributed by atoms with Crippen molar-refractivity contribution < 1.29 is 23.8 Å². The van der Waals surface area contributed by atoms with E-state index in [0.29, 0.717) is 34.3 Å². The highest BCUT2D eigenvalue weighted by Crippen LogP contribution is 2.47. The van der Waals surface area contributed by atoms with Crippen LogP contribution in [0.25, 0.3) is 10.8 Å². The van der Waals surface area contributed by atoms with E-state index in [2.05, 4.69) is 20.1 Å². The maximum atomic E-state index is 12.7. The standard InChI is InChI=1S/C30H28O5/c1-6-20-12-7-10-16-24(20)33-25-17-11-15-23-26(25)28(35-30(32)19(4)5)22-14-9-8-13-21(22)27(23)34-29(31)18(2)3/h7-14,16-17,25H,2,4,6,15H2,1,3,5H3. The third kappa shape index (κ3) is 4.76. The Morgan fingerprint density at radius 2 is 1.46 bits per heavy atom. The summed E-state index contributed by atoms with van der Waals surface area (Å²) in [6, 6.07) is 15.2. The van der Waals surface area contributed by atoms with Crippen LogP contribution in [-0.2, 0) is 22.4 Å². The molecule has 5 nitrogen and oxygen atoms in total. The lowest BCUT2D eigenvalue weighted by atomic mass is 9.88. The molecule has 1 unspecified atom stereocenters. The average molecular weight is 469 g/mol. The first-order valence-electron chi connectivity index (χ1n) is 11.6. The number of allylic oxidation sites excluding steroid dienone is 1. The number of para-hydroxylation sites is 1. The number of benzene rings is 3. The Morgan fingerprint density at radius 3 is 2.09 bits per heavy atom. The minimum Gasteiger partial charge on any atom is -0.481 e. The molecular weight excluding hydrogens is 440 g/mol. The van der Waals surface area contributed by atoms with E-state index in [-0.39, 0.29) is 11.1 Å². The van der Waals surface area contributed by atoms with Gasteiger partial charge in [0.05, 0.1) is 0 Å². The van der Waals surface area contributed by atoms with E-state index in [1.807, 2.05) is 60.7 Å². The monoisotopic (exact) mass is 468 g/mol. The third-order valence-electron chi connectivity index (χ3n) is 5.87. The third-order valence-corrected chi connectivity index (χ3v) is 5.87. The van der Waals surface area contributed by atoms with Gasteiger partial charge < -0.3 is 14.2 Å². The van der Waals surface area contributed by atoms with Crippen molar-refractivity contribution in [2.24, 2.45) is 0 Å². The van der Waals surface area contributed by atoms with E-state index in [4.69, 9.17) is 14.2 Å². The highest BCUT2D eigenvalue weighted by molar-refractivity contribution is 6.01. The summed E-state index contributed by atoms with van der Waals surface area (Å²) in [5, 5.41) is 1.30. The van der Waals surface area contributed by atoms with E-state index in [0.717, 1.165) is 23.3 Å². The molecule has 35 heavy (non-hydrogen) atoms. The molecule has 3 aromatic carbocycles. The van der Waals surface area contributed by atoms with Crippen LogP contribution in [0.3, 0.4) is 0 Å². The maximum absolute atomic E-state index is 12.7. The molecule has 1 aliphatic rings. The lowest BCUT2D eigenvalue weighted by Crippen LogP contribution is -2.19. The molecule has 1 atom stereocenters. The number of aryl methyl sites for hydroxylation is 1. The van der Waals surface area contributed by atoms with Crippen LogP contribution in [0.5, 0.6) is 17.2 Å². The van der Waals surface area contributed by atoms with Crippen LogP contribution < -0.4 is 14.2 Å². The van der Waals surface area contributed by atoms with Crippen molar-refractivity contribution >= 4 is 22.7 Å². The van der Waals surface area contributed by atoms with Crippen molar-refractivity contribution in [3.8, 4) is 17.2 Å². The number of hydrogen-bond donors (Lipinski definition) is 0. The highest BCUT2D eigenvalue weighted by atomic mass is 16.5. The lowest BCUT2D eigenvalue weighted by molar-refractivity contribution is -0.131. The Morgan fingerprint density at radius 1 is 0.886 bits per heavy atom. The molecule has 0 heterocycles. The summed E-state index contributed by atoms with van der Waals surface area (Å²) in [6.07, 6.45) is 4.62. The molecule has 0 radical (unpaired) electrons. The van der Waals surface area contributed by atoms with Gasteiger partial charge in [0.25, 0.3) is 0 Å². The molecule has 0 fully saturated rings. The Bertz CT molecular complexity index is 1380. The zero-order valence-corrected chi connectivity index (χ0v) is 20.2. The highest BCUT2D eigenvalue weighted by Gasteiger charge is 2.31. The molecule has 178 valence electrons. The number of fused-ring (bicyclic) bond motifs is 2. The molecular formula is C30H28O5. The van der Waals surface area contributed by atoms with E-state index in [9.17, 15) is 9.59 Å². The zero-order valence-electron chi connectivity index (χ0n) is 20.2. The first kappa shape index (κ1) is 24.0. The molecule has 0 bridgehead atoms. The van der Waals surface area contributed by atoms with E-state index < -0.39 is 18.0 Å². The van der Waals surface area contributed by atoms with Gasteiger partial charge in [-0.15, -0.1) is 0 Å². The Kier molecular flexibility index (Phi) is 6.87. The smallest absolute Gasteiger partial charge is 0.338 e. The van der Waals surface area contributed by atoms with Gasteiger partial charge in [-0.25, -0.2) is 9.59 Å². The molecule has 0 amide bonds. The van der Waals surface area contributed by atoms with Gasteiger partial charge in [-0.1, -0.05) is 68.6 Å². The largest absolute Gasteiger partial charge is 0.481 e. The fraction of sp³-hybridized carbons (Fsp3) is 0.200. The first-order chi connectivity index (χ1) is 16.8. The molecule has 0 aliphatic heterocycles. The van der Waals surface area contributed by atoms with Crippen molar-refractivity contribution in [1.29, 1.82) is 0 Å². The lowest BCUT2D eigenvalue weighted by Gasteiger charge is -2.28. The Balaban J connectivity index is 1.97. The summed E-state index contributed by atoms with van der Waals surface area (Å²) in [5.41, 5.74) is 3.00. The van der Waals surface area contributed by atoms with Gasteiger partial charge in [-0.3, -0.25) is 0 Å². The number of carbonyl (C=O) groups is 2. The summed E-state index contributed by atoms with van der Waals surface area (Å²) < 4.78 is 18.2. The molecule has 0 saturated heterocycles. The molecule has 1 aliphatic carbocycles. The topological polar surface area (TPSA) is 61.8 Å². The van der Waals surface area contributed by atoms with Gasteiger partial charge in [-0.2, -0.15) is 0 Å². The predicted molar refractivity (Wildman–Crippen MR) is 137 cm³/mol. The Hall–Kier alpha value is -4.12. The van der Waals surface area contributed by atoms with Crippen molar-refractivity contribution in [3.63, 3.8) is 0 Å². The average Bonchev–Trinajstić information content (AvgIpc) is 2.85. The summed E-state index contributed by atoms with van der Waals surface area (Å²) in [7, 11) is 0. The Labute approximate surface area is 205 Å². The van der Waals surface area contributed by atoms with Crippen LogP contribution in [0.15, 0.2) is 85.0 Å². The van der Waals surface area contributed by atoms with Crippen molar-refractivity contribution in [3.05, 3.63) is 102 Å². The minimum atomic E-state index is -0.564. The second-order valence-corrected chi connectivity index (χ2v) is 8.57. The number of hydrogen-bond acceptors (Lipinski definition) is 5. The molecule has 4 rings (SSSR count). The van der Waals surface area contributed by atoms with Crippen LogP contribution in [-0.4, -0.2) is 11.9 Å². The predicted octanol–water partition coefficient (Wildman–Crippen LogP) is 6.60. The molecule has 0 spiro atoms. The van der Waals surface area contributed by atoms with Gasteiger partial charge in [0, 0.05) is 33.0 Å². The second kappa shape index (κ2) is 10.0. The summed E-state index contributed by atoms with van der Waals surface area (Å²) >= 11 is 0. The number of carbonyl (C=O) groups excluding carboxylic acids is 2. The van der Waals surface area contributed by atoms with Gasteiger partial charge in [0.2, 0.25) is 0 Å². The van der Waals surface area contributed by atoms with Gasteiger partial charge in [0.15, 0.2) is 0 Å². The van der Waals surface area contributed by atoms with Crippen molar-refractivity contribution in [1.82, 2.24) is 0 Å².